The Bertz CT molecular complexity index is 1250. The molecule has 12 heteroatoms. The number of halogens is 1. The maximum Gasteiger partial charge on any atom is 0.291 e. The van der Waals surface area contributed by atoms with Gasteiger partial charge in [0.15, 0.2) is 0 Å². The van der Waals surface area contributed by atoms with Crippen LogP contribution in [0.2, 0.25) is 5.02 Å². The number of nitrogens with one attached hydrogen (secondary N) is 3. The Morgan fingerprint density at radius 2 is 1.69 bits per heavy atom. The molecule has 3 rings (SSSR count). The van der Waals surface area contributed by atoms with Crippen LogP contribution in [0.4, 0.5) is 10.8 Å². The summed E-state index contributed by atoms with van der Waals surface area (Å²) in [5, 5.41) is 12.9. The molecule has 0 bridgehead atoms. The van der Waals surface area contributed by atoms with E-state index in [9.17, 15) is 18.0 Å². The summed E-state index contributed by atoms with van der Waals surface area (Å²) in [6, 6.07) is 12.6. The lowest BCUT2D eigenvalue weighted by molar-refractivity contribution is 0.0939. The average molecular weight is 494 g/mol. The fourth-order valence-corrected chi connectivity index (χ4v) is 4.74. The van der Waals surface area contributed by atoms with E-state index < -0.39 is 21.8 Å². The number of carbonyl (C=O) groups is 2. The minimum atomic E-state index is -4.15. The standard InChI is InChI=1S/C20H20ClN5O4S2/c1-3-12(2)22-18(28)14-9-5-7-11-16(14)26-32(29,30)20-25-24-19(31-20)23-17(27)13-8-4-6-10-15(13)21/h4-12,26H,3H2,1-2H3,(H,22,28)(H,23,24,27)/t12-/m1/s1. The van der Waals surface area contributed by atoms with Crippen LogP contribution in [0.25, 0.3) is 0 Å². The average Bonchev–Trinajstić information content (AvgIpc) is 3.23. The van der Waals surface area contributed by atoms with Crippen LogP contribution in [-0.4, -0.2) is 36.5 Å². The highest BCUT2D eigenvalue weighted by Gasteiger charge is 2.24. The van der Waals surface area contributed by atoms with E-state index in [4.69, 9.17) is 11.6 Å². The monoisotopic (exact) mass is 493 g/mol. The van der Waals surface area contributed by atoms with Crippen LogP contribution in [-0.2, 0) is 10.0 Å². The van der Waals surface area contributed by atoms with Gasteiger partial charge in [-0.2, -0.15) is 8.42 Å². The van der Waals surface area contributed by atoms with Crippen molar-refractivity contribution in [3.05, 3.63) is 64.7 Å². The van der Waals surface area contributed by atoms with Crippen LogP contribution in [0.1, 0.15) is 41.0 Å². The molecule has 2 aromatic carbocycles. The van der Waals surface area contributed by atoms with Crippen molar-refractivity contribution >= 4 is 55.6 Å². The number of hydrogen-bond acceptors (Lipinski definition) is 7. The molecule has 9 nitrogen and oxygen atoms in total. The highest BCUT2D eigenvalue weighted by Crippen LogP contribution is 2.25. The molecule has 0 aliphatic carbocycles. The molecule has 0 unspecified atom stereocenters. The molecule has 0 aliphatic rings. The lowest BCUT2D eigenvalue weighted by atomic mass is 10.1. The third-order valence-electron chi connectivity index (χ3n) is 4.38. The fourth-order valence-electron chi connectivity index (χ4n) is 2.54. The molecule has 32 heavy (non-hydrogen) atoms. The third kappa shape index (κ3) is 5.61. The summed E-state index contributed by atoms with van der Waals surface area (Å²) in [5.74, 6) is -0.946. The van der Waals surface area contributed by atoms with Crippen molar-refractivity contribution in [3.8, 4) is 0 Å². The predicted molar refractivity (Wildman–Crippen MR) is 124 cm³/mol. The maximum atomic E-state index is 12.8. The van der Waals surface area contributed by atoms with E-state index in [-0.39, 0.29) is 37.3 Å². The van der Waals surface area contributed by atoms with Gasteiger partial charge >= 0.3 is 0 Å². The van der Waals surface area contributed by atoms with E-state index in [1.165, 1.54) is 18.2 Å². The minimum absolute atomic E-state index is 0.0157. The first-order valence-electron chi connectivity index (χ1n) is 9.53. The Hall–Kier alpha value is -3.02. The van der Waals surface area contributed by atoms with Crippen molar-refractivity contribution in [1.29, 1.82) is 0 Å². The summed E-state index contributed by atoms with van der Waals surface area (Å²) in [6.07, 6.45) is 0.729. The van der Waals surface area contributed by atoms with Gasteiger partial charge in [0, 0.05) is 6.04 Å². The molecule has 0 saturated carbocycles. The van der Waals surface area contributed by atoms with Gasteiger partial charge in [-0.05, 0) is 37.6 Å². The molecule has 2 amide bonds. The quantitative estimate of drug-likeness (QED) is 0.409. The van der Waals surface area contributed by atoms with Crippen LogP contribution < -0.4 is 15.4 Å². The largest absolute Gasteiger partial charge is 0.350 e. The van der Waals surface area contributed by atoms with Crippen molar-refractivity contribution in [2.75, 3.05) is 10.0 Å². The van der Waals surface area contributed by atoms with Gasteiger partial charge in [-0.15, -0.1) is 10.2 Å². The van der Waals surface area contributed by atoms with Gasteiger partial charge in [-0.3, -0.25) is 19.6 Å². The number of sulfonamides is 1. The zero-order valence-electron chi connectivity index (χ0n) is 17.1. The van der Waals surface area contributed by atoms with Crippen LogP contribution in [0, 0.1) is 0 Å². The molecule has 3 aromatic rings. The minimum Gasteiger partial charge on any atom is -0.350 e. The molecule has 0 saturated heterocycles. The summed E-state index contributed by atoms with van der Waals surface area (Å²) < 4.78 is 27.6. The van der Waals surface area contributed by atoms with Crippen molar-refractivity contribution in [1.82, 2.24) is 15.5 Å². The summed E-state index contributed by atoms with van der Waals surface area (Å²) in [6.45, 7) is 3.78. The fraction of sp³-hybridized carbons (Fsp3) is 0.200. The molecular weight excluding hydrogens is 474 g/mol. The number of hydrogen-bond donors (Lipinski definition) is 3. The lowest BCUT2D eigenvalue weighted by Gasteiger charge is -2.14. The SMILES string of the molecule is CC[C@@H](C)NC(=O)c1ccccc1NS(=O)(=O)c1nnc(NC(=O)c2ccccc2Cl)s1. The van der Waals surface area contributed by atoms with Crippen molar-refractivity contribution in [3.63, 3.8) is 0 Å². The van der Waals surface area contributed by atoms with E-state index in [0.29, 0.717) is 11.3 Å². The van der Waals surface area contributed by atoms with Crippen molar-refractivity contribution < 1.29 is 18.0 Å². The predicted octanol–water partition coefficient (Wildman–Crippen LogP) is 3.77. The zero-order valence-corrected chi connectivity index (χ0v) is 19.5. The molecule has 0 aliphatic heterocycles. The third-order valence-corrected chi connectivity index (χ3v) is 7.28. The van der Waals surface area contributed by atoms with E-state index in [0.717, 1.165) is 6.42 Å². The first kappa shape index (κ1) is 23.6. The number of benzene rings is 2. The van der Waals surface area contributed by atoms with Gasteiger partial charge in [0.05, 0.1) is 21.8 Å². The number of nitrogens with zero attached hydrogens (tertiary/aromatic N) is 2. The second-order valence-corrected chi connectivity index (χ2v) is 9.98. The molecule has 168 valence electrons. The number of amides is 2. The van der Waals surface area contributed by atoms with E-state index in [1.807, 2.05) is 13.8 Å². The van der Waals surface area contributed by atoms with E-state index >= 15 is 0 Å². The molecule has 0 radical (unpaired) electrons. The van der Waals surface area contributed by atoms with Crippen molar-refractivity contribution in [2.45, 2.75) is 30.6 Å². The van der Waals surface area contributed by atoms with Crippen LogP contribution in [0.5, 0.6) is 0 Å². The Morgan fingerprint density at radius 1 is 1.03 bits per heavy atom. The van der Waals surface area contributed by atoms with Crippen LogP contribution >= 0.6 is 22.9 Å². The molecule has 1 heterocycles. The Balaban J connectivity index is 1.78. The number of para-hydroxylation sites is 1. The molecular formula is C20H20ClN5O4S2. The molecule has 0 spiro atoms. The van der Waals surface area contributed by atoms with Gasteiger partial charge in [0.2, 0.25) is 5.13 Å². The summed E-state index contributed by atoms with van der Waals surface area (Å²) >= 11 is 6.67. The summed E-state index contributed by atoms with van der Waals surface area (Å²) in [7, 11) is -4.15. The van der Waals surface area contributed by atoms with E-state index in [2.05, 4.69) is 25.6 Å². The summed E-state index contributed by atoms with van der Waals surface area (Å²) in [4.78, 5) is 24.9. The number of aromatic nitrogens is 2. The van der Waals surface area contributed by atoms with Gasteiger partial charge in [0.25, 0.3) is 26.2 Å². The van der Waals surface area contributed by atoms with Gasteiger partial charge in [0.1, 0.15) is 0 Å². The second-order valence-electron chi connectivity index (χ2n) is 6.74. The second kappa shape index (κ2) is 10.1. The number of rotatable bonds is 8. The Labute approximate surface area is 194 Å². The molecule has 1 atom stereocenters. The normalized spacial score (nSPS) is 12.1. The smallest absolute Gasteiger partial charge is 0.291 e. The highest BCUT2D eigenvalue weighted by atomic mass is 35.5. The molecule has 0 fully saturated rings. The Kier molecular flexibility index (Phi) is 7.44. The first-order valence-corrected chi connectivity index (χ1v) is 12.2. The first-order chi connectivity index (χ1) is 15.2. The maximum absolute atomic E-state index is 12.8. The number of anilines is 2. The molecule has 3 N–H and O–H groups in total. The van der Waals surface area contributed by atoms with E-state index in [1.54, 1.807) is 30.3 Å². The highest BCUT2D eigenvalue weighted by molar-refractivity contribution is 7.94. The van der Waals surface area contributed by atoms with Gasteiger partial charge in [-0.1, -0.05) is 54.1 Å². The molecule has 1 aromatic heterocycles. The van der Waals surface area contributed by atoms with Gasteiger partial charge in [-0.25, -0.2) is 0 Å². The summed E-state index contributed by atoms with van der Waals surface area (Å²) in [5.41, 5.74) is 0.492. The number of carbonyl (C=O) groups excluding carboxylic acids is 2. The topological polar surface area (TPSA) is 130 Å². The van der Waals surface area contributed by atoms with Gasteiger partial charge < -0.3 is 5.32 Å². The zero-order chi connectivity index (χ0) is 23.3. The lowest BCUT2D eigenvalue weighted by Crippen LogP contribution is -2.32. The van der Waals surface area contributed by atoms with Crippen molar-refractivity contribution in [2.24, 2.45) is 0 Å². The van der Waals surface area contributed by atoms with Crippen LogP contribution in [0.3, 0.4) is 0 Å². The van der Waals surface area contributed by atoms with Crippen LogP contribution in [0.15, 0.2) is 52.9 Å². The Morgan fingerprint density at radius 3 is 2.38 bits per heavy atom.